The van der Waals surface area contributed by atoms with Crippen molar-refractivity contribution in [3.63, 3.8) is 0 Å². The molecule has 1 aliphatic heterocycles. The number of thiophene rings is 1. The summed E-state index contributed by atoms with van der Waals surface area (Å²) in [6.45, 7) is 0. The first kappa shape index (κ1) is 16.4. The molecule has 2 aromatic heterocycles. The van der Waals surface area contributed by atoms with E-state index in [9.17, 15) is 13.2 Å². The predicted molar refractivity (Wildman–Crippen MR) is 101 cm³/mol. The summed E-state index contributed by atoms with van der Waals surface area (Å²) in [5.41, 5.74) is 8.83. The number of nitrogens with one attached hydrogen (secondary N) is 1. The van der Waals surface area contributed by atoms with Crippen molar-refractivity contribution in [2.24, 2.45) is 5.73 Å². The van der Waals surface area contributed by atoms with E-state index in [1.165, 1.54) is 0 Å². The lowest BCUT2D eigenvalue weighted by molar-refractivity contribution is 0.100. The van der Waals surface area contributed by atoms with E-state index in [0.717, 1.165) is 26.9 Å². The third-order valence-electron chi connectivity index (χ3n) is 4.89. The molecule has 0 spiro atoms. The van der Waals surface area contributed by atoms with E-state index in [1.807, 2.05) is 29.8 Å². The molecule has 0 bridgehead atoms. The number of benzene rings is 1. The van der Waals surface area contributed by atoms with Crippen LogP contribution in [0.5, 0.6) is 0 Å². The number of fused-ring (bicyclic) bond motifs is 1. The maximum Gasteiger partial charge on any atom is 0.250 e. The Kier molecular flexibility index (Phi) is 3.92. The number of rotatable bonds is 3. The molecule has 1 saturated heterocycles. The molecule has 1 fully saturated rings. The SMILES string of the molecule is NC(=O)c1cc(-c2cccs2)cc2c(C3CCS(=O)(=O)CC3)c[nH]c12. The zero-order valence-electron chi connectivity index (χ0n) is 13.5. The molecule has 0 saturated carbocycles. The topological polar surface area (TPSA) is 93.0 Å². The number of carbonyl (C=O) groups excluding carboxylic acids is 1. The van der Waals surface area contributed by atoms with Crippen molar-refractivity contribution in [2.75, 3.05) is 11.5 Å². The number of aromatic nitrogens is 1. The number of carbonyl (C=O) groups is 1. The van der Waals surface area contributed by atoms with Gasteiger partial charge in [-0.05, 0) is 53.5 Å². The van der Waals surface area contributed by atoms with Crippen molar-refractivity contribution in [3.05, 3.63) is 47.0 Å². The Hall–Kier alpha value is -2.12. The molecule has 0 atom stereocenters. The fraction of sp³-hybridized carbons (Fsp3) is 0.278. The highest BCUT2D eigenvalue weighted by molar-refractivity contribution is 7.91. The molecule has 1 aliphatic rings. The third-order valence-corrected chi connectivity index (χ3v) is 7.52. The predicted octanol–water partition coefficient (Wildman–Crippen LogP) is 3.29. The Balaban J connectivity index is 1.85. The van der Waals surface area contributed by atoms with Gasteiger partial charge >= 0.3 is 0 Å². The van der Waals surface area contributed by atoms with Crippen molar-refractivity contribution in [1.82, 2.24) is 4.98 Å². The van der Waals surface area contributed by atoms with E-state index in [1.54, 1.807) is 11.3 Å². The van der Waals surface area contributed by atoms with E-state index in [0.29, 0.717) is 18.4 Å². The average molecular weight is 374 g/mol. The molecule has 0 aliphatic carbocycles. The normalized spacial score (nSPS) is 17.8. The van der Waals surface area contributed by atoms with Gasteiger partial charge in [-0.3, -0.25) is 4.79 Å². The van der Waals surface area contributed by atoms with Gasteiger partial charge < -0.3 is 10.7 Å². The highest BCUT2D eigenvalue weighted by Gasteiger charge is 2.27. The van der Waals surface area contributed by atoms with Crippen molar-refractivity contribution >= 4 is 38.0 Å². The summed E-state index contributed by atoms with van der Waals surface area (Å²) in [5, 5.41) is 2.96. The van der Waals surface area contributed by atoms with Crippen LogP contribution >= 0.6 is 11.3 Å². The second-order valence-electron chi connectivity index (χ2n) is 6.46. The summed E-state index contributed by atoms with van der Waals surface area (Å²) in [7, 11) is -2.91. The van der Waals surface area contributed by atoms with Crippen LogP contribution in [-0.4, -0.2) is 30.8 Å². The second kappa shape index (κ2) is 6.00. The van der Waals surface area contributed by atoms with Crippen LogP contribution in [0.15, 0.2) is 35.8 Å². The lowest BCUT2D eigenvalue weighted by Crippen LogP contribution is -2.22. The Bertz CT molecular complexity index is 1040. The number of sulfone groups is 1. The van der Waals surface area contributed by atoms with E-state index >= 15 is 0 Å². The maximum atomic E-state index is 11.9. The van der Waals surface area contributed by atoms with Gasteiger partial charge in [0, 0.05) is 16.5 Å². The summed E-state index contributed by atoms with van der Waals surface area (Å²) in [6, 6.07) is 7.87. The van der Waals surface area contributed by atoms with Crippen LogP contribution in [0.25, 0.3) is 21.3 Å². The van der Waals surface area contributed by atoms with Crippen LogP contribution in [0.1, 0.15) is 34.7 Å². The first-order chi connectivity index (χ1) is 11.9. The van der Waals surface area contributed by atoms with E-state index < -0.39 is 15.7 Å². The highest BCUT2D eigenvalue weighted by Crippen LogP contribution is 2.37. The molecule has 7 heteroatoms. The first-order valence-electron chi connectivity index (χ1n) is 8.14. The fourth-order valence-electron chi connectivity index (χ4n) is 3.57. The maximum absolute atomic E-state index is 11.9. The van der Waals surface area contributed by atoms with Gasteiger partial charge in [0.25, 0.3) is 5.91 Å². The molecule has 3 heterocycles. The van der Waals surface area contributed by atoms with Crippen molar-refractivity contribution in [2.45, 2.75) is 18.8 Å². The number of hydrogen-bond acceptors (Lipinski definition) is 4. The summed E-state index contributed by atoms with van der Waals surface area (Å²) in [6.07, 6.45) is 3.13. The van der Waals surface area contributed by atoms with Crippen molar-refractivity contribution < 1.29 is 13.2 Å². The van der Waals surface area contributed by atoms with Crippen molar-refractivity contribution in [1.29, 1.82) is 0 Å². The molecule has 25 heavy (non-hydrogen) atoms. The monoisotopic (exact) mass is 374 g/mol. The summed E-state index contributed by atoms with van der Waals surface area (Å²) < 4.78 is 23.4. The van der Waals surface area contributed by atoms with E-state index in [2.05, 4.69) is 11.1 Å². The van der Waals surface area contributed by atoms with E-state index in [4.69, 9.17) is 5.73 Å². The van der Waals surface area contributed by atoms with Crippen LogP contribution < -0.4 is 5.73 Å². The van der Waals surface area contributed by atoms with Gasteiger partial charge in [0.15, 0.2) is 0 Å². The van der Waals surface area contributed by atoms with Crippen LogP contribution in [-0.2, 0) is 9.84 Å². The number of hydrogen-bond donors (Lipinski definition) is 2. The summed E-state index contributed by atoms with van der Waals surface area (Å²) >= 11 is 1.61. The average Bonchev–Trinajstić information content (AvgIpc) is 3.23. The zero-order chi connectivity index (χ0) is 17.6. The van der Waals surface area contributed by atoms with Crippen molar-refractivity contribution in [3.8, 4) is 10.4 Å². The molecule has 4 rings (SSSR count). The molecule has 0 unspecified atom stereocenters. The second-order valence-corrected chi connectivity index (χ2v) is 9.71. The molecule has 0 radical (unpaired) electrons. The number of primary amides is 1. The molecule has 130 valence electrons. The van der Waals surface area contributed by atoms with Gasteiger partial charge in [-0.25, -0.2) is 8.42 Å². The Labute approximate surface area is 149 Å². The van der Waals surface area contributed by atoms with Gasteiger partial charge in [-0.2, -0.15) is 0 Å². The standard InChI is InChI=1S/C18H18N2O3S2/c19-18(21)14-9-12(16-2-1-5-24-16)8-13-15(10-20-17(13)14)11-3-6-25(22,23)7-4-11/h1-2,5,8-11,20H,3-4,6-7H2,(H2,19,21). The molecule has 3 N–H and O–H groups in total. The van der Waals surface area contributed by atoms with Crippen LogP contribution in [0.2, 0.25) is 0 Å². The van der Waals surface area contributed by atoms with E-state index in [-0.39, 0.29) is 17.4 Å². The highest BCUT2D eigenvalue weighted by atomic mass is 32.2. The van der Waals surface area contributed by atoms with Gasteiger partial charge in [-0.15, -0.1) is 11.3 Å². The van der Waals surface area contributed by atoms with Crippen LogP contribution in [0, 0.1) is 0 Å². The summed E-state index contributed by atoms with van der Waals surface area (Å²) in [4.78, 5) is 16.2. The van der Waals surface area contributed by atoms with Gasteiger partial charge in [0.1, 0.15) is 9.84 Å². The number of H-pyrrole nitrogens is 1. The van der Waals surface area contributed by atoms with Gasteiger partial charge in [0.2, 0.25) is 0 Å². The number of aromatic amines is 1. The number of amides is 1. The minimum absolute atomic E-state index is 0.177. The Morgan fingerprint density at radius 1 is 1.24 bits per heavy atom. The largest absolute Gasteiger partial charge is 0.366 e. The Morgan fingerprint density at radius 3 is 2.64 bits per heavy atom. The molecule has 3 aromatic rings. The molecular formula is C18H18N2O3S2. The lowest BCUT2D eigenvalue weighted by Gasteiger charge is -2.21. The fourth-order valence-corrected chi connectivity index (χ4v) is 5.78. The Morgan fingerprint density at radius 2 is 2.00 bits per heavy atom. The smallest absolute Gasteiger partial charge is 0.250 e. The van der Waals surface area contributed by atoms with Gasteiger partial charge in [-0.1, -0.05) is 6.07 Å². The molecule has 1 aromatic carbocycles. The minimum Gasteiger partial charge on any atom is -0.366 e. The minimum atomic E-state index is -2.91. The van der Waals surface area contributed by atoms with Crippen LogP contribution in [0.3, 0.4) is 0 Å². The number of nitrogens with two attached hydrogens (primary N) is 1. The molecule has 5 nitrogen and oxygen atoms in total. The molecule has 1 amide bonds. The summed E-state index contributed by atoms with van der Waals surface area (Å²) in [5.74, 6) is 0.148. The third kappa shape index (κ3) is 2.98. The van der Waals surface area contributed by atoms with Crippen LogP contribution in [0.4, 0.5) is 0 Å². The van der Waals surface area contributed by atoms with Gasteiger partial charge in [0.05, 0.1) is 22.6 Å². The zero-order valence-corrected chi connectivity index (χ0v) is 15.1. The molecular weight excluding hydrogens is 356 g/mol. The quantitative estimate of drug-likeness (QED) is 0.737. The lowest BCUT2D eigenvalue weighted by atomic mass is 9.91. The first-order valence-corrected chi connectivity index (χ1v) is 10.8.